The molecule has 0 saturated heterocycles. The standard InChI is InChI=1S/C15H22N2/c1-3-5-7-14(8-6-4-2)15-9-13(10-16)11-17-12-15/h5,7-9,11-12H,3-4,6,10,16H2,1-2H3/b7-5-,14-8+. The number of nitrogens with zero attached hydrogens (tertiary/aromatic N) is 1. The number of aromatic nitrogens is 1. The number of hydrogen-bond acceptors (Lipinski definition) is 2. The van der Waals surface area contributed by atoms with Crippen LogP contribution in [0.15, 0.2) is 36.7 Å². The van der Waals surface area contributed by atoms with Crippen LogP contribution >= 0.6 is 0 Å². The SMILES string of the molecule is CC/C=C\C(=C/CCC)c1cncc(CN)c1. The van der Waals surface area contributed by atoms with Gasteiger partial charge in [-0.1, -0.05) is 38.5 Å². The minimum atomic E-state index is 0.541. The molecule has 0 saturated carbocycles. The van der Waals surface area contributed by atoms with Crippen molar-refractivity contribution < 1.29 is 0 Å². The molecular formula is C15H22N2. The van der Waals surface area contributed by atoms with E-state index < -0.39 is 0 Å². The summed E-state index contributed by atoms with van der Waals surface area (Å²) in [5, 5.41) is 0. The Kier molecular flexibility index (Phi) is 6.26. The van der Waals surface area contributed by atoms with E-state index in [1.54, 1.807) is 0 Å². The van der Waals surface area contributed by atoms with Gasteiger partial charge in [0.05, 0.1) is 0 Å². The number of pyridine rings is 1. The summed E-state index contributed by atoms with van der Waals surface area (Å²) >= 11 is 0. The van der Waals surface area contributed by atoms with Crippen LogP contribution in [0.2, 0.25) is 0 Å². The summed E-state index contributed by atoms with van der Waals surface area (Å²) in [5.41, 5.74) is 9.13. The predicted octanol–water partition coefficient (Wildman–Crippen LogP) is 3.69. The highest BCUT2D eigenvalue weighted by molar-refractivity contribution is 5.73. The first-order valence-corrected chi connectivity index (χ1v) is 6.32. The Morgan fingerprint density at radius 2 is 2.18 bits per heavy atom. The third kappa shape index (κ3) is 4.53. The molecule has 92 valence electrons. The van der Waals surface area contributed by atoms with Crippen LogP contribution in [0.4, 0.5) is 0 Å². The molecule has 2 heteroatoms. The van der Waals surface area contributed by atoms with Crippen molar-refractivity contribution in [3.8, 4) is 0 Å². The molecule has 0 unspecified atom stereocenters. The zero-order valence-corrected chi connectivity index (χ0v) is 10.8. The number of hydrogen-bond donors (Lipinski definition) is 1. The highest BCUT2D eigenvalue weighted by Crippen LogP contribution is 2.17. The fourth-order valence-corrected chi connectivity index (χ4v) is 1.58. The lowest BCUT2D eigenvalue weighted by molar-refractivity contribution is 0.960. The van der Waals surface area contributed by atoms with E-state index in [2.05, 4.69) is 43.1 Å². The molecule has 1 heterocycles. The van der Waals surface area contributed by atoms with E-state index in [4.69, 9.17) is 5.73 Å². The number of allylic oxidation sites excluding steroid dienone is 4. The van der Waals surface area contributed by atoms with E-state index in [1.165, 1.54) is 5.57 Å². The molecule has 0 aliphatic carbocycles. The molecule has 0 spiro atoms. The summed E-state index contributed by atoms with van der Waals surface area (Å²) in [6.07, 6.45) is 13.6. The van der Waals surface area contributed by atoms with Gasteiger partial charge in [0.25, 0.3) is 0 Å². The molecule has 0 radical (unpaired) electrons. The first-order chi connectivity index (χ1) is 8.31. The Morgan fingerprint density at radius 1 is 1.35 bits per heavy atom. The van der Waals surface area contributed by atoms with Crippen molar-refractivity contribution in [1.29, 1.82) is 0 Å². The highest BCUT2D eigenvalue weighted by atomic mass is 14.6. The molecule has 0 atom stereocenters. The second-order valence-corrected chi connectivity index (χ2v) is 4.04. The van der Waals surface area contributed by atoms with Gasteiger partial charge in [-0.25, -0.2) is 0 Å². The number of rotatable bonds is 6. The van der Waals surface area contributed by atoms with E-state index >= 15 is 0 Å². The molecule has 2 N–H and O–H groups in total. The lowest BCUT2D eigenvalue weighted by atomic mass is 10.0. The van der Waals surface area contributed by atoms with Gasteiger partial charge in [0.15, 0.2) is 0 Å². The maximum absolute atomic E-state index is 5.64. The molecule has 0 bridgehead atoms. The number of unbranched alkanes of at least 4 members (excludes halogenated alkanes) is 1. The third-order valence-corrected chi connectivity index (χ3v) is 2.55. The second kappa shape index (κ2) is 7.80. The number of nitrogens with two attached hydrogens (primary N) is 1. The lowest BCUT2D eigenvalue weighted by Crippen LogP contribution is -1.98. The van der Waals surface area contributed by atoms with Gasteiger partial charge in [-0.3, -0.25) is 4.98 Å². The Hall–Kier alpha value is -1.41. The Bertz CT molecular complexity index is 392. The van der Waals surface area contributed by atoms with E-state index in [1.807, 2.05) is 12.4 Å². The van der Waals surface area contributed by atoms with Gasteiger partial charge in [-0.05, 0) is 35.6 Å². The molecular weight excluding hydrogens is 208 g/mol. The zero-order chi connectivity index (χ0) is 12.5. The van der Waals surface area contributed by atoms with Crippen molar-refractivity contribution in [2.75, 3.05) is 0 Å². The van der Waals surface area contributed by atoms with Crippen molar-refractivity contribution in [3.05, 3.63) is 47.8 Å². The fourth-order valence-electron chi connectivity index (χ4n) is 1.58. The topological polar surface area (TPSA) is 38.9 Å². The van der Waals surface area contributed by atoms with Gasteiger partial charge < -0.3 is 5.73 Å². The van der Waals surface area contributed by atoms with Gasteiger partial charge in [0, 0.05) is 18.9 Å². The highest BCUT2D eigenvalue weighted by Gasteiger charge is 1.99. The largest absolute Gasteiger partial charge is 0.326 e. The maximum atomic E-state index is 5.64. The summed E-state index contributed by atoms with van der Waals surface area (Å²) in [4.78, 5) is 4.24. The third-order valence-electron chi connectivity index (χ3n) is 2.55. The van der Waals surface area contributed by atoms with Crippen LogP contribution < -0.4 is 5.73 Å². The van der Waals surface area contributed by atoms with E-state index in [0.29, 0.717) is 6.54 Å². The van der Waals surface area contributed by atoms with Crippen LogP contribution in [0.1, 0.15) is 44.2 Å². The Morgan fingerprint density at radius 3 is 2.82 bits per heavy atom. The zero-order valence-electron chi connectivity index (χ0n) is 10.8. The smallest absolute Gasteiger partial charge is 0.0346 e. The first-order valence-electron chi connectivity index (χ1n) is 6.32. The van der Waals surface area contributed by atoms with Crippen LogP contribution in [0.3, 0.4) is 0 Å². The minimum Gasteiger partial charge on any atom is -0.326 e. The van der Waals surface area contributed by atoms with Crippen LogP contribution in [0.5, 0.6) is 0 Å². The monoisotopic (exact) mass is 230 g/mol. The second-order valence-electron chi connectivity index (χ2n) is 4.04. The predicted molar refractivity (Wildman–Crippen MR) is 74.4 cm³/mol. The molecule has 0 fully saturated rings. The van der Waals surface area contributed by atoms with Gasteiger partial charge in [0.2, 0.25) is 0 Å². The van der Waals surface area contributed by atoms with Crippen molar-refractivity contribution >= 4 is 5.57 Å². The van der Waals surface area contributed by atoms with Crippen LogP contribution in [0, 0.1) is 0 Å². The quantitative estimate of drug-likeness (QED) is 0.757. The summed E-state index contributed by atoms with van der Waals surface area (Å²) in [6, 6.07) is 2.12. The van der Waals surface area contributed by atoms with Crippen LogP contribution in [-0.2, 0) is 6.54 Å². The summed E-state index contributed by atoms with van der Waals surface area (Å²) in [7, 11) is 0. The van der Waals surface area contributed by atoms with E-state index in [-0.39, 0.29) is 0 Å². The average Bonchev–Trinajstić information content (AvgIpc) is 2.39. The molecule has 0 aromatic carbocycles. The van der Waals surface area contributed by atoms with E-state index in [0.717, 1.165) is 30.4 Å². The van der Waals surface area contributed by atoms with Crippen molar-refractivity contribution in [1.82, 2.24) is 4.98 Å². The van der Waals surface area contributed by atoms with Crippen LogP contribution in [0.25, 0.3) is 5.57 Å². The minimum absolute atomic E-state index is 0.541. The normalized spacial score (nSPS) is 12.3. The molecule has 1 aromatic heterocycles. The van der Waals surface area contributed by atoms with Crippen molar-refractivity contribution in [3.63, 3.8) is 0 Å². The fraction of sp³-hybridized carbons (Fsp3) is 0.400. The maximum Gasteiger partial charge on any atom is 0.0346 e. The average molecular weight is 230 g/mol. The van der Waals surface area contributed by atoms with Gasteiger partial charge >= 0.3 is 0 Å². The van der Waals surface area contributed by atoms with Crippen molar-refractivity contribution in [2.24, 2.45) is 5.73 Å². The molecule has 1 rings (SSSR count). The molecule has 1 aromatic rings. The summed E-state index contributed by atoms with van der Waals surface area (Å²) in [6.45, 7) is 4.87. The molecule has 2 nitrogen and oxygen atoms in total. The first kappa shape index (κ1) is 13.7. The van der Waals surface area contributed by atoms with Gasteiger partial charge in [0.1, 0.15) is 0 Å². The summed E-state index contributed by atoms with van der Waals surface area (Å²) < 4.78 is 0. The molecule has 0 amide bonds. The molecule has 0 aliphatic heterocycles. The van der Waals surface area contributed by atoms with Crippen LogP contribution in [-0.4, -0.2) is 4.98 Å². The lowest BCUT2D eigenvalue weighted by Gasteiger charge is -2.04. The molecule has 17 heavy (non-hydrogen) atoms. The van der Waals surface area contributed by atoms with Gasteiger partial charge in [-0.15, -0.1) is 0 Å². The Labute approximate surface area is 104 Å². The Balaban J connectivity index is 2.99. The van der Waals surface area contributed by atoms with Crippen molar-refractivity contribution in [2.45, 2.75) is 39.7 Å². The summed E-state index contributed by atoms with van der Waals surface area (Å²) in [5.74, 6) is 0. The molecule has 0 aliphatic rings. The van der Waals surface area contributed by atoms with Gasteiger partial charge in [-0.2, -0.15) is 0 Å². The van der Waals surface area contributed by atoms with E-state index in [9.17, 15) is 0 Å².